The maximum atomic E-state index is 5.89. The van der Waals surface area contributed by atoms with E-state index in [2.05, 4.69) is 23.4 Å². The Morgan fingerprint density at radius 1 is 1.37 bits per heavy atom. The summed E-state index contributed by atoms with van der Waals surface area (Å²) in [4.78, 5) is 5.79. The average molecular weight is 290 g/mol. The number of hydrogen-bond acceptors (Lipinski definition) is 5. The van der Waals surface area contributed by atoms with Crippen molar-refractivity contribution in [2.24, 2.45) is 5.73 Å². The molecule has 0 aliphatic carbocycles. The lowest BCUT2D eigenvalue weighted by molar-refractivity contribution is 0.488. The summed E-state index contributed by atoms with van der Waals surface area (Å²) in [5.41, 5.74) is 8.89. The van der Waals surface area contributed by atoms with E-state index in [1.807, 2.05) is 24.3 Å². The Hall–Kier alpha value is -1.30. The van der Waals surface area contributed by atoms with Crippen LogP contribution in [0.1, 0.15) is 15.7 Å². The summed E-state index contributed by atoms with van der Waals surface area (Å²) in [6.45, 7) is 2.69. The van der Waals surface area contributed by atoms with Crippen LogP contribution in [0.4, 0.5) is 0 Å². The van der Waals surface area contributed by atoms with Gasteiger partial charge in [-0.05, 0) is 36.1 Å². The highest BCUT2D eigenvalue weighted by Crippen LogP contribution is 2.38. The SMILES string of the molecule is Cc1ccsc1C(CN)Sc1nc2ccccc2o1. The van der Waals surface area contributed by atoms with Gasteiger partial charge in [0.2, 0.25) is 0 Å². The highest BCUT2D eigenvalue weighted by molar-refractivity contribution is 7.99. The third kappa shape index (κ3) is 2.54. The third-order valence-electron chi connectivity index (χ3n) is 2.93. The van der Waals surface area contributed by atoms with Crippen molar-refractivity contribution >= 4 is 34.2 Å². The van der Waals surface area contributed by atoms with Crippen molar-refractivity contribution in [1.82, 2.24) is 4.98 Å². The van der Waals surface area contributed by atoms with Crippen molar-refractivity contribution in [2.75, 3.05) is 6.54 Å². The number of aromatic nitrogens is 1. The number of nitrogens with two attached hydrogens (primary N) is 1. The predicted octanol–water partition coefficient (Wildman–Crippen LogP) is 3.99. The second-order valence-corrected chi connectivity index (χ2v) is 6.36. The van der Waals surface area contributed by atoms with Gasteiger partial charge in [-0.25, -0.2) is 4.98 Å². The molecule has 0 radical (unpaired) electrons. The molecule has 1 atom stereocenters. The molecule has 3 nitrogen and oxygen atoms in total. The number of para-hydroxylation sites is 2. The van der Waals surface area contributed by atoms with E-state index >= 15 is 0 Å². The van der Waals surface area contributed by atoms with Crippen LogP contribution in [-0.2, 0) is 0 Å². The number of thiophene rings is 1. The van der Waals surface area contributed by atoms with E-state index in [9.17, 15) is 0 Å². The molecule has 1 unspecified atom stereocenters. The molecule has 0 bridgehead atoms. The zero-order chi connectivity index (χ0) is 13.2. The van der Waals surface area contributed by atoms with Gasteiger partial charge >= 0.3 is 0 Å². The van der Waals surface area contributed by atoms with Crippen molar-refractivity contribution in [3.05, 3.63) is 46.2 Å². The molecule has 2 N–H and O–H groups in total. The standard InChI is InChI=1S/C14H14N2OS2/c1-9-6-7-18-13(9)12(8-15)19-14-16-10-4-2-3-5-11(10)17-14/h2-7,12H,8,15H2,1H3. The molecule has 3 rings (SSSR count). The van der Waals surface area contributed by atoms with Crippen LogP contribution in [0.2, 0.25) is 0 Å². The largest absolute Gasteiger partial charge is 0.431 e. The quantitative estimate of drug-likeness (QED) is 0.738. The number of nitrogens with zero attached hydrogens (tertiary/aromatic N) is 1. The summed E-state index contributed by atoms with van der Waals surface area (Å²) in [6, 6.07) is 9.92. The van der Waals surface area contributed by atoms with E-state index in [0.29, 0.717) is 11.8 Å². The lowest BCUT2D eigenvalue weighted by Crippen LogP contribution is -2.08. The number of benzene rings is 1. The number of fused-ring (bicyclic) bond motifs is 1. The maximum absolute atomic E-state index is 5.89. The van der Waals surface area contributed by atoms with Gasteiger partial charge in [-0.15, -0.1) is 11.3 Å². The van der Waals surface area contributed by atoms with Gasteiger partial charge in [0, 0.05) is 11.4 Å². The Kier molecular flexibility index (Phi) is 3.59. The minimum atomic E-state index is 0.202. The number of thioether (sulfide) groups is 1. The lowest BCUT2D eigenvalue weighted by Gasteiger charge is -2.11. The summed E-state index contributed by atoms with van der Waals surface area (Å²) in [7, 11) is 0. The van der Waals surface area contributed by atoms with Crippen LogP contribution in [0.5, 0.6) is 0 Å². The Morgan fingerprint density at radius 3 is 2.89 bits per heavy atom. The summed E-state index contributed by atoms with van der Waals surface area (Å²) < 4.78 is 5.74. The first-order chi connectivity index (χ1) is 9.28. The highest BCUT2D eigenvalue weighted by atomic mass is 32.2. The Labute approximate surface area is 119 Å². The molecule has 5 heteroatoms. The van der Waals surface area contributed by atoms with Gasteiger partial charge in [0.1, 0.15) is 5.52 Å². The molecule has 0 aliphatic heterocycles. The summed E-state index contributed by atoms with van der Waals surface area (Å²) in [5.74, 6) is 0. The van der Waals surface area contributed by atoms with Crippen molar-refractivity contribution < 1.29 is 4.42 Å². The van der Waals surface area contributed by atoms with Crippen molar-refractivity contribution in [3.63, 3.8) is 0 Å². The van der Waals surface area contributed by atoms with Gasteiger partial charge in [0.25, 0.3) is 5.22 Å². The number of aryl methyl sites for hydroxylation is 1. The first-order valence-corrected chi connectivity index (χ1v) is 7.80. The number of hydrogen-bond donors (Lipinski definition) is 1. The van der Waals surface area contributed by atoms with Gasteiger partial charge in [0.05, 0.1) is 5.25 Å². The van der Waals surface area contributed by atoms with Crippen LogP contribution < -0.4 is 5.73 Å². The van der Waals surface area contributed by atoms with Crippen LogP contribution >= 0.6 is 23.1 Å². The molecule has 0 aliphatic rings. The molecule has 0 spiro atoms. The van der Waals surface area contributed by atoms with Crippen LogP contribution in [0, 0.1) is 6.92 Å². The lowest BCUT2D eigenvalue weighted by atomic mass is 10.2. The molecular formula is C14H14N2OS2. The Morgan fingerprint density at radius 2 is 2.21 bits per heavy atom. The van der Waals surface area contributed by atoms with Crippen LogP contribution in [0.3, 0.4) is 0 Å². The third-order valence-corrected chi connectivity index (χ3v) is 5.30. The van der Waals surface area contributed by atoms with E-state index in [1.54, 1.807) is 23.1 Å². The Balaban J connectivity index is 1.88. The summed E-state index contributed by atoms with van der Waals surface area (Å²) in [6.07, 6.45) is 0. The second kappa shape index (κ2) is 5.36. The minimum absolute atomic E-state index is 0.202. The molecule has 19 heavy (non-hydrogen) atoms. The zero-order valence-corrected chi connectivity index (χ0v) is 12.1. The molecule has 0 amide bonds. The van der Waals surface area contributed by atoms with Gasteiger partial charge in [-0.1, -0.05) is 23.9 Å². The molecule has 2 heterocycles. The van der Waals surface area contributed by atoms with Gasteiger partial charge < -0.3 is 10.2 Å². The van der Waals surface area contributed by atoms with Crippen molar-refractivity contribution in [3.8, 4) is 0 Å². The molecular weight excluding hydrogens is 276 g/mol. The summed E-state index contributed by atoms with van der Waals surface area (Å²) in [5, 5.41) is 2.98. The topological polar surface area (TPSA) is 52.0 Å². The maximum Gasteiger partial charge on any atom is 0.257 e. The Bertz CT molecular complexity index is 656. The second-order valence-electron chi connectivity index (χ2n) is 4.26. The molecule has 98 valence electrons. The average Bonchev–Trinajstić information content (AvgIpc) is 3.01. The smallest absolute Gasteiger partial charge is 0.257 e. The molecule has 0 saturated carbocycles. The van der Waals surface area contributed by atoms with Crippen molar-refractivity contribution in [1.29, 1.82) is 0 Å². The normalized spacial score (nSPS) is 12.9. The van der Waals surface area contributed by atoms with Crippen LogP contribution in [-0.4, -0.2) is 11.5 Å². The van der Waals surface area contributed by atoms with E-state index in [0.717, 1.165) is 11.1 Å². The monoisotopic (exact) mass is 290 g/mol. The van der Waals surface area contributed by atoms with Gasteiger partial charge in [-0.2, -0.15) is 0 Å². The first-order valence-electron chi connectivity index (χ1n) is 6.04. The first kappa shape index (κ1) is 12.7. The number of oxazole rings is 1. The van der Waals surface area contributed by atoms with Crippen LogP contribution in [0.25, 0.3) is 11.1 Å². The fourth-order valence-corrected chi connectivity index (χ4v) is 4.10. The van der Waals surface area contributed by atoms with Crippen molar-refractivity contribution in [2.45, 2.75) is 17.4 Å². The molecule has 1 aromatic carbocycles. The highest BCUT2D eigenvalue weighted by Gasteiger charge is 2.18. The fourth-order valence-electron chi connectivity index (χ4n) is 1.95. The van der Waals surface area contributed by atoms with Crippen LogP contribution in [0.15, 0.2) is 45.4 Å². The molecule has 0 fully saturated rings. The van der Waals surface area contributed by atoms with E-state index in [4.69, 9.17) is 10.2 Å². The molecule has 2 aromatic heterocycles. The van der Waals surface area contributed by atoms with Gasteiger partial charge in [0.15, 0.2) is 5.58 Å². The van der Waals surface area contributed by atoms with Gasteiger partial charge in [-0.3, -0.25) is 0 Å². The zero-order valence-electron chi connectivity index (χ0n) is 10.5. The molecule has 0 saturated heterocycles. The summed E-state index contributed by atoms with van der Waals surface area (Å²) >= 11 is 3.33. The number of rotatable bonds is 4. The fraction of sp³-hybridized carbons (Fsp3) is 0.214. The molecule has 3 aromatic rings. The van der Waals surface area contributed by atoms with E-state index < -0.39 is 0 Å². The van der Waals surface area contributed by atoms with E-state index in [-0.39, 0.29) is 5.25 Å². The van der Waals surface area contributed by atoms with E-state index in [1.165, 1.54) is 10.4 Å². The minimum Gasteiger partial charge on any atom is -0.431 e. The predicted molar refractivity (Wildman–Crippen MR) is 80.7 cm³/mol.